The van der Waals surface area contributed by atoms with Crippen molar-refractivity contribution in [2.75, 3.05) is 26.0 Å². The minimum Gasteiger partial charge on any atom is -0.354 e. The molecule has 0 atom stereocenters. The molecular formula is C11H18N4OS. The van der Waals surface area contributed by atoms with E-state index in [1.54, 1.807) is 16.2 Å². The van der Waals surface area contributed by atoms with Gasteiger partial charge in [0.25, 0.3) is 0 Å². The van der Waals surface area contributed by atoms with Crippen molar-refractivity contribution in [3.63, 3.8) is 0 Å². The summed E-state index contributed by atoms with van der Waals surface area (Å²) in [6.07, 6.45) is 2.26. The van der Waals surface area contributed by atoms with Gasteiger partial charge in [0.05, 0.1) is 12.2 Å². The first-order valence-electron chi connectivity index (χ1n) is 5.70. The van der Waals surface area contributed by atoms with E-state index in [0.717, 1.165) is 23.7 Å². The van der Waals surface area contributed by atoms with Crippen molar-refractivity contribution in [1.82, 2.24) is 15.2 Å². The first-order valence-corrected chi connectivity index (χ1v) is 6.58. The molecule has 1 fully saturated rings. The van der Waals surface area contributed by atoms with Crippen LogP contribution in [0.5, 0.6) is 0 Å². The molecule has 0 bridgehead atoms. The van der Waals surface area contributed by atoms with Crippen LogP contribution in [0.1, 0.15) is 18.5 Å². The number of aromatic nitrogens is 1. The van der Waals surface area contributed by atoms with E-state index in [1.807, 2.05) is 31.4 Å². The molecule has 1 aliphatic carbocycles. The number of carbonyl (C=O) groups excluding carboxylic acids is 1. The molecule has 1 N–H and O–H groups in total. The number of anilines is 1. The van der Waals surface area contributed by atoms with Gasteiger partial charge in [0, 0.05) is 32.6 Å². The molecule has 2 rings (SSSR count). The second-order valence-corrected chi connectivity index (χ2v) is 5.35. The number of thiazole rings is 1. The molecule has 94 valence electrons. The number of nitrogens with one attached hydrogen (secondary N) is 1. The van der Waals surface area contributed by atoms with E-state index in [4.69, 9.17) is 0 Å². The Kier molecular flexibility index (Phi) is 3.51. The van der Waals surface area contributed by atoms with E-state index in [2.05, 4.69) is 10.3 Å². The molecule has 0 radical (unpaired) electrons. The van der Waals surface area contributed by atoms with Gasteiger partial charge in [-0.3, -0.25) is 0 Å². The van der Waals surface area contributed by atoms with Gasteiger partial charge in [-0.15, -0.1) is 11.3 Å². The SMILES string of the molecule is CN(C)c1nc(CNC(=O)N(C)C2CC2)cs1. The average Bonchev–Trinajstić information content (AvgIpc) is 3.03. The summed E-state index contributed by atoms with van der Waals surface area (Å²) in [5.74, 6) is 0. The number of rotatable bonds is 4. The quantitative estimate of drug-likeness (QED) is 0.886. The Morgan fingerprint density at radius 2 is 2.24 bits per heavy atom. The topological polar surface area (TPSA) is 48.5 Å². The minimum absolute atomic E-state index is 0.00750. The summed E-state index contributed by atoms with van der Waals surface area (Å²) >= 11 is 1.59. The number of hydrogen-bond acceptors (Lipinski definition) is 4. The van der Waals surface area contributed by atoms with Gasteiger partial charge < -0.3 is 15.1 Å². The normalized spacial score (nSPS) is 14.5. The highest BCUT2D eigenvalue weighted by atomic mass is 32.1. The van der Waals surface area contributed by atoms with Crippen molar-refractivity contribution in [3.8, 4) is 0 Å². The van der Waals surface area contributed by atoms with Crippen LogP contribution in [-0.2, 0) is 6.54 Å². The standard InChI is InChI=1S/C11H18N4OS/c1-14(2)11-13-8(7-17-11)6-12-10(16)15(3)9-4-5-9/h7,9H,4-6H2,1-3H3,(H,12,16). The van der Waals surface area contributed by atoms with Crippen LogP contribution in [-0.4, -0.2) is 43.1 Å². The number of carbonyl (C=O) groups is 1. The highest BCUT2D eigenvalue weighted by Crippen LogP contribution is 2.25. The molecule has 0 aliphatic heterocycles. The van der Waals surface area contributed by atoms with Crippen molar-refractivity contribution in [2.24, 2.45) is 0 Å². The van der Waals surface area contributed by atoms with E-state index in [1.165, 1.54) is 0 Å². The maximum atomic E-state index is 11.7. The van der Waals surface area contributed by atoms with Crippen LogP contribution >= 0.6 is 11.3 Å². The molecule has 5 nitrogen and oxygen atoms in total. The molecule has 0 aromatic carbocycles. The number of hydrogen-bond donors (Lipinski definition) is 1. The third kappa shape index (κ3) is 3.09. The molecule has 0 saturated heterocycles. The summed E-state index contributed by atoms with van der Waals surface area (Å²) in [6.45, 7) is 0.500. The third-order valence-corrected chi connectivity index (χ3v) is 3.82. The van der Waals surface area contributed by atoms with E-state index in [0.29, 0.717) is 12.6 Å². The van der Waals surface area contributed by atoms with Gasteiger partial charge in [0.1, 0.15) is 0 Å². The average molecular weight is 254 g/mol. The molecule has 6 heteroatoms. The molecule has 1 aromatic rings. The van der Waals surface area contributed by atoms with Gasteiger partial charge in [0.15, 0.2) is 5.13 Å². The van der Waals surface area contributed by atoms with Gasteiger partial charge in [-0.2, -0.15) is 0 Å². The fourth-order valence-electron chi connectivity index (χ4n) is 1.50. The lowest BCUT2D eigenvalue weighted by Crippen LogP contribution is -2.38. The molecule has 1 heterocycles. The molecule has 1 aromatic heterocycles. The Hall–Kier alpha value is -1.30. The summed E-state index contributed by atoms with van der Waals surface area (Å²) in [4.78, 5) is 19.9. The lowest BCUT2D eigenvalue weighted by atomic mass is 10.5. The Morgan fingerprint density at radius 1 is 1.53 bits per heavy atom. The van der Waals surface area contributed by atoms with E-state index in [9.17, 15) is 4.79 Å². The van der Waals surface area contributed by atoms with Crippen LogP contribution in [0, 0.1) is 0 Å². The van der Waals surface area contributed by atoms with Crippen LogP contribution in [0.25, 0.3) is 0 Å². The smallest absolute Gasteiger partial charge is 0.317 e. The fraction of sp³-hybridized carbons (Fsp3) is 0.636. The molecule has 1 aliphatic rings. The first-order chi connectivity index (χ1) is 8.08. The van der Waals surface area contributed by atoms with E-state index >= 15 is 0 Å². The van der Waals surface area contributed by atoms with Gasteiger partial charge in [-0.05, 0) is 12.8 Å². The van der Waals surface area contributed by atoms with Crippen molar-refractivity contribution in [2.45, 2.75) is 25.4 Å². The van der Waals surface area contributed by atoms with E-state index in [-0.39, 0.29) is 6.03 Å². The van der Waals surface area contributed by atoms with Crippen LogP contribution in [0.3, 0.4) is 0 Å². The maximum Gasteiger partial charge on any atom is 0.317 e. The van der Waals surface area contributed by atoms with Crippen LogP contribution in [0.4, 0.5) is 9.93 Å². The zero-order chi connectivity index (χ0) is 12.4. The Labute approximate surface area is 105 Å². The van der Waals surface area contributed by atoms with Gasteiger partial charge in [0.2, 0.25) is 0 Å². The molecule has 2 amide bonds. The van der Waals surface area contributed by atoms with Crippen LogP contribution in [0.15, 0.2) is 5.38 Å². The summed E-state index contributed by atoms with van der Waals surface area (Å²) < 4.78 is 0. The minimum atomic E-state index is -0.00750. The lowest BCUT2D eigenvalue weighted by molar-refractivity contribution is 0.206. The summed E-state index contributed by atoms with van der Waals surface area (Å²) in [5, 5.41) is 5.83. The largest absolute Gasteiger partial charge is 0.354 e. The second kappa shape index (κ2) is 4.91. The third-order valence-electron chi connectivity index (χ3n) is 2.76. The first kappa shape index (κ1) is 12.2. The highest BCUT2D eigenvalue weighted by molar-refractivity contribution is 7.13. The Balaban J connectivity index is 1.82. The zero-order valence-electron chi connectivity index (χ0n) is 10.4. The number of urea groups is 1. The van der Waals surface area contributed by atoms with Gasteiger partial charge >= 0.3 is 6.03 Å². The van der Waals surface area contributed by atoms with Gasteiger partial charge in [-0.1, -0.05) is 0 Å². The highest BCUT2D eigenvalue weighted by Gasteiger charge is 2.29. The summed E-state index contributed by atoms with van der Waals surface area (Å²) in [6, 6.07) is 0.440. The maximum absolute atomic E-state index is 11.7. The van der Waals surface area contributed by atoms with Crippen LogP contribution < -0.4 is 10.2 Å². The Bertz CT molecular complexity index is 400. The van der Waals surface area contributed by atoms with E-state index < -0.39 is 0 Å². The lowest BCUT2D eigenvalue weighted by Gasteiger charge is -2.16. The van der Waals surface area contributed by atoms with Gasteiger partial charge in [-0.25, -0.2) is 9.78 Å². The van der Waals surface area contributed by atoms with Crippen LogP contribution in [0.2, 0.25) is 0 Å². The molecule has 0 unspecified atom stereocenters. The van der Waals surface area contributed by atoms with Crippen molar-refractivity contribution < 1.29 is 4.79 Å². The second-order valence-electron chi connectivity index (χ2n) is 4.52. The monoisotopic (exact) mass is 254 g/mol. The number of amides is 2. The zero-order valence-corrected chi connectivity index (χ0v) is 11.3. The van der Waals surface area contributed by atoms with Crippen molar-refractivity contribution in [1.29, 1.82) is 0 Å². The summed E-state index contributed by atoms with van der Waals surface area (Å²) in [7, 11) is 5.77. The predicted octanol–water partition coefficient (Wildman–Crippen LogP) is 1.51. The molecule has 17 heavy (non-hydrogen) atoms. The van der Waals surface area contributed by atoms with Crippen molar-refractivity contribution in [3.05, 3.63) is 11.1 Å². The fourth-order valence-corrected chi connectivity index (χ4v) is 2.26. The van der Waals surface area contributed by atoms with Crippen molar-refractivity contribution >= 4 is 22.5 Å². The molecule has 0 spiro atoms. The summed E-state index contributed by atoms with van der Waals surface area (Å²) in [5.41, 5.74) is 0.913. The Morgan fingerprint density at radius 3 is 2.76 bits per heavy atom. The number of nitrogens with zero attached hydrogens (tertiary/aromatic N) is 3. The molecular weight excluding hydrogens is 236 g/mol. The molecule has 1 saturated carbocycles. The predicted molar refractivity (Wildman–Crippen MR) is 69.5 cm³/mol.